The molecule has 3 aromatic rings. The van der Waals surface area contributed by atoms with Gasteiger partial charge in [0, 0.05) is 49.7 Å². The number of nitrogens with zero attached hydrogens (tertiary/aromatic N) is 3. The molecule has 200 valence electrons. The summed E-state index contributed by atoms with van der Waals surface area (Å²) in [5.74, 6) is -0.172. The Bertz CT molecular complexity index is 1390. The van der Waals surface area contributed by atoms with Crippen molar-refractivity contribution in [3.8, 4) is 12.3 Å². The molecule has 2 N–H and O–H groups in total. The number of rotatable bonds is 6. The van der Waals surface area contributed by atoms with Crippen molar-refractivity contribution in [1.29, 1.82) is 0 Å². The molecule has 2 atom stereocenters. The fourth-order valence-corrected chi connectivity index (χ4v) is 5.63. The number of halogens is 3. The average Bonchev–Trinajstić information content (AvgIpc) is 3.26. The Labute approximate surface area is 220 Å². The molecule has 38 heavy (non-hydrogen) atoms. The number of nitrogens with one attached hydrogen (secondary N) is 2. The highest BCUT2D eigenvalue weighted by Gasteiger charge is 2.40. The Balaban J connectivity index is 1.63. The van der Waals surface area contributed by atoms with Gasteiger partial charge in [-0.2, -0.15) is 0 Å². The minimum Gasteiger partial charge on any atom is -0.367 e. The molecule has 0 bridgehead atoms. The van der Waals surface area contributed by atoms with Gasteiger partial charge in [0.15, 0.2) is 0 Å². The number of terminal acetylenes is 1. The van der Waals surface area contributed by atoms with Gasteiger partial charge in [0.05, 0.1) is 17.4 Å². The van der Waals surface area contributed by atoms with Crippen LogP contribution in [0.1, 0.15) is 42.6 Å². The normalized spacial score (nSPS) is 20.0. The van der Waals surface area contributed by atoms with Crippen LogP contribution in [0.3, 0.4) is 0 Å². The predicted molar refractivity (Wildman–Crippen MR) is 142 cm³/mol. The van der Waals surface area contributed by atoms with Gasteiger partial charge in [0.2, 0.25) is 0 Å². The number of hydrogen-bond donors (Lipinski definition) is 2. The summed E-state index contributed by atoms with van der Waals surface area (Å²) in [5.41, 5.74) is 2.34. The van der Waals surface area contributed by atoms with Crippen LogP contribution in [0.4, 0.5) is 18.9 Å². The van der Waals surface area contributed by atoms with Crippen molar-refractivity contribution in [2.45, 2.75) is 38.4 Å². The number of piperazine rings is 1. The molecule has 9 heteroatoms. The van der Waals surface area contributed by atoms with E-state index in [-0.39, 0.29) is 5.52 Å². The number of hydrogen-bond acceptors (Lipinski definition) is 4. The number of unbranched alkanes of at least 4 members (excludes halogenated alkanes) is 1. The lowest BCUT2D eigenvalue weighted by Crippen LogP contribution is -2.54. The van der Waals surface area contributed by atoms with E-state index in [4.69, 9.17) is 6.42 Å². The highest BCUT2D eigenvalue weighted by molar-refractivity contribution is 5.95. The molecule has 0 unspecified atom stereocenters. The van der Waals surface area contributed by atoms with E-state index in [1.807, 2.05) is 11.9 Å². The maximum absolute atomic E-state index is 15.6. The number of benzene rings is 2. The number of fused-ring (bicyclic) bond motifs is 3. The van der Waals surface area contributed by atoms with E-state index in [9.17, 15) is 13.6 Å². The number of anilines is 1. The van der Waals surface area contributed by atoms with Gasteiger partial charge in [-0.3, -0.25) is 10.1 Å². The summed E-state index contributed by atoms with van der Waals surface area (Å²) < 4.78 is 44.7. The van der Waals surface area contributed by atoms with Crippen molar-refractivity contribution >= 4 is 22.5 Å². The van der Waals surface area contributed by atoms with Crippen molar-refractivity contribution in [1.82, 2.24) is 20.1 Å². The topological polar surface area (TPSA) is 54.6 Å². The maximum atomic E-state index is 15.6. The molecule has 6 nitrogen and oxygen atoms in total. The highest BCUT2D eigenvalue weighted by atomic mass is 19.1. The van der Waals surface area contributed by atoms with E-state index in [0.717, 1.165) is 32.0 Å². The zero-order chi connectivity index (χ0) is 27.0. The molecule has 0 spiro atoms. The van der Waals surface area contributed by atoms with Crippen molar-refractivity contribution in [2.75, 3.05) is 44.7 Å². The van der Waals surface area contributed by atoms with Gasteiger partial charge >= 0.3 is 0 Å². The number of carbonyl (C=O) groups excluding carboxylic acids is 1. The molecule has 1 fully saturated rings. The largest absolute Gasteiger partial charge is 0.367 e. The van der Waals surface area contributed by atoms with Crippen molar-refractivity contribution < 1.29 is 18.0 Å². The fraction of sp³-hybridized carbons (Fsp3) is 0.414. The van der Waals surface area contributed by atoms with Crippen molar-refractivity contribution in [2.24, 2.45) is 0 Å². The number of aromatic amines is 1. The van der Waals surface area contributed by atoms with E-state index in [2.05, 4.69) is 28.0 Å². The molecule has 2 aliphatic heterocycles. The summed E-state index contributed by atoms with van der Waals surface area (Å²) >= 11 is 0. The first-order valence-electron chi connectivity index (χ1n) is 13.1. The zero-order valence-electron chi connectivity index (χ0n) is 21.7. The third kappa shape index (κ3) is 4.74. The summed E-state index contributed by atoms with van der Waals surface area (Å²) in [6.45, 7) is 5.76. The second kappa shape index (κ2) is 10.7. The number of carbonyl (C=O) groups is 1. The zero-order valence-corrected chi connectivity index (χ0v) is 21.7. The average molecular weight is 524 g/mol. The lowest BCUT2D eigenvalue weighted by molar-refractivity contribution is -0.130. The molecule has 5 rings (SSSR count). The quantitative estimate of drug-likeness (QED) is 0.377. The van der Waals surface area contributed by atoms with Gasteiger partial charge in [0.1, 0.15) is 23.5 Å². The van der Waals surface area contributed by atoms with Crippen LogP contribution in [0, 0.1) is 29.8 Å². The molecule has 1 saturated heterocycles. The first-order valence-corrected chi connectivity index (χ1v) is 13.1. The van der Waals surface area contributed by atoms with Gasteiger partial charge in [-0.15, -0.1) is 6.42 Å². The van der Waals surface area contributed by atoms with Crippen LogP contribution < -0.4 is 10.2 Å². The predicted octanol–water partition coefficient (Wildman–Crippen LogP) is 4.16. The molecule has 0 radical (unpaired) electrons. The van der Waals surface area contributed by atoms with Gasteiger partial charge < -0.3 is 19.7 Å². The summed E-state index contributed by atoms with van der Waals surface area (Å²) in [6, 6.07) is 6.25. The van der Waals surface area contributed by atoms with E-state index in [0.29, 0.717) is 53.9 Å². The van der Waals surface area contributed by atoms with Crippen LogP contribution in [0.5, 0.6) is 0 Å². The summed E-state index contributed by atoms with van der Waals surface area (Å²) in [4.78, 5) is 22.0. The summed E-state index contributed by atoms with van der Waals surface area (Å²) in [5, 5.41) is 3.80. The Kier molecular flexibility index (Phi) is 7.37. The van der Waals surface area contributed by atoms with E-state index in [1.165, 1.54) is 17.0 Å². The molecule has 0 aliphatic carbocycles. The van der Waals surface area contributed by atoms with Crippen LogP contribution in [0.25, 0.3) is 10.9 Å². The van der Waals surface area contributed by atoms with Gasteiger partial charge in [-0.1, -0.05) is 19.4 Å². The minimum atomic E-state index is -0.813. The van der Waals surface area contributed by atoms with Crippen LogP contribution in [-0.4, -0.2) is 66.6 Å². The Morgan fingerprint density at radius 3 is 2.58 bits per heavy atom. The molecule has 1 amide bonds. The Morgan fingerprint density at radius 2 is 1.89 bits per heavy atom. The van der Waals surface area contributed by atoms with Gasteiger partial charge in [-0.25, -0.2) is 13.2 Å². The third-order valence-corrected chi connectivity index (χ3v) is 7.65. The lowest BCUT2D eigenvalue weighted by Gasteiger charge is -2.42. The smallest absolute Gasteiger partial charge is 0.300 e. The van der Waals surface area contributed by atoms with Crippen molar-refractivity contribution in [3.05, 3.63) is 64.6 Å². The standard InChI is InChI=1S/C29H32F3N5O/c1-4-6-9-33-25-17-21-20-15-19(30)16-23(32)27(20)34-28(21)29(37(25)26(38)5-2)18-7-8-24(22(31)14-18)36-12-10-35(3)11-13-36/h2,7-8,14-16,25,29,33-34H,4,6,9-13,17H2,1,3H3/t25-,29+/m1/s1. The second-order valence-corrected chi connectivity index (χ2v) is 10.1. The Morgan fingerprint density at radius 1 is 1.13 bits per heavy atom. The molecule has 0 saturated carbocycles. The monoisotopic (exact) mass is 523 g/mol. The first kappa shape index (κ1) is 26.1. The fourth-order valence-electron chi connectivity index (χ4n) is 5.63. The third-order valence-electron chi connectivity index (χ3n) is 7.65. The van der Waals surface area contributed by atoms with Crippen molar-refractivity contribution in [3.63, 3.8) is 0 Å². The molecule has 2 aromatic carbocycles. The van der Waals surface area contributed by atoms with Crippen LogP contribution in [-0.2, 0) is 11.2 Å². The van der Waals surface area contributed by atoms with E-state index >= 15 is 4.39 Å². The number of H-pyrrole nitrogens is 1. The highest BCUT2D eigenvalue weighted by Crippen LogP contribution is 2.42. The minimum absolute atomic E-state index is 0.151. The number of aromatic nitrogens is 1. The molecular weight excluding hydrogens is 491 g/mol. The molecule has 2 aliphatic rings. The van der Waals surface area contributed by atoms with Gasteiger partial charge in [-0.05, 0) is 55.3 Å². The lowest BCUT2D eigenvalue weighted by atomic mass is 9.90. The molecule has 3 heterocycles. The molecule has 1 aromatic heterocycles. The maximum Gasteiger partial charge on any atom is 0.300 e. The van der Waals surface area contributed by atoms with Crippen LogP contribution >= 0.6 is 0 Å². The first-order chi connectivity index (χ1) is 18.3. The van der Waals surface area contributed by atoms with E-state index in [1.54, 1.807) is 12.1 Å². The van der Waals surface area contributed by atoms with Crippen LogP contribution in [0.2, 0.25) is 0 Å². The van der Waals surface area contributed by atoms with Crippen LogP contribution in [0.15, 0.2) is 30.3 Å². The number of amides is 1. The SMILES string of the molecule is C#CC(=O)N1[C@@H](c2ccc(N3CCN(C)CC3)c(F)c2)c2[nH]c3c(F)cc(F)cc3c2C[C@@H]1NCCCC. The van der Waals surface area contributed by atoms with Gasteiger partial charge in [0.25, 0.3) is 5.91 Å². The second-order valence-electron chi connectivity index (χ2n) is 10.1. The summed E-state index contributed by atoms with van der Waals surface area (Å²) in [6.07, 6.45) is 7.17. The Hall–Kier alpha value is -3.48. The van der Waals surface area contributed by atoms with E-state index < -0.39 is 35.6 Å². The summed E-state index contributed by atoms with van der Waals surface area (Å²) in [7, 11) is 2.04. The molecular formula is C29H32F3N5O. The number of likely N-dealkylation sites (N-methyl/N-ethyl adjacent to an activating group) is 1.